The van der Waals surface area contributed by atoms with Gasteiger partial charge in [0.15, 0.2) is 0 Å². The van der Waals surface area contributed by atoms with Gasteiger partial charge >= 0.3 is 0 Å². The summed E-state index contributed by atoms with van der Waals surface area (Å²) in [6, 6.07) is 5.15. The van der Waals surface area contributed by atoms with Crippen molar-refractivity contribution in [1.29, 1.82) is 0 Å². The van der Waals surface area contributed by atoms with E-state index in [0.29, 0.717) is 0 Å². The highest BCUT2D eigenvalue weighted by molar-refractivity contribution is 7.09. The van der Waals surface area contributed by atoms with Gasteiger partial charge in [0, 0.05) is 23.0 Å². The molecule has 0 saturated heterocycles. The fraction of sp³-hybridized carbons (Fsp3) is 0.733. The second-order valence-corrected chi connectivity index (χ2v) is 7.56. The second-order valence-electron chi connectivity index (χ2n) is 6.53. The first-order chi connectivity index (χ1) is 8.46. The van der Waals surface area contributed by atoms with Crippen LogP contribution in [0.25, 0.3) is 0 Å². The van der Waals surface area contributed by atoms with Crippen molar-refractivity contribution < 1.29 is 0 Å². The molecule has 3 heteroatoms. The summed E-state index contributed by atoms with van der Waals surface area (Å²) in [6.07, 6.45) is 2.74. The third-order valence-corrected chi connectivity index (χ3v) is 4.68. The minimum Gasteiger partial charge on any atom is -0.312 e. The van der Waals surface area contributed by atoms with E-state index in [4.69, 9.17) is 0 Å². The molecular formula is C15H26N2S. The van der Waals surface area contributed by atoms with Gasteiger partial charge in [0.05, 0.1) is 0 Å². The van der Waals surface area contributed by atoms with Crippen molar-refractivity contribution in [2.45, 2.75) is 51.7 Å². The van der Waals surface area contributed by atoms with Crippen LogP contribution >= 0.6 is 11.3 Å². The van der Waals surface area contributed by atoms with E-state index in [0.717, 1.165) is 25.0 Å². The fourth-order valence-electron chi connectivity index (χ4n) is 2.57. The van der Waals surface area contributed by atoms with Crippen LogP contribution < -0.4 is 5.32 Å². The lowest BCUT2D eigenvalue weighted by molar-refractivity contribution is 0.0745. The zero-order valence-corrected chi connectivity index (χ0v) is 12.9. The summed E-state index contributed by atoms with van der Waals surface area (Å²) in [5.41, 5.74) is 0.243. The topological polar surface area (TPSA) is 15.3 Å². The van der Waals surface area contributed by atoms with Crippen LogP contribution in [0.2, 0.25) is 0 Å². The lowest BCUT2D eigenvalue weighted by atomic mass is 9.78. The van der Waals surface area contributed by atoms with E-state index in [9.17, 15) is 0 Å². The maximum atomic E-state index is 3.64. The molecular weight excluding hydrogens is 240 g/mol. The molecule has 2 rings (SSSR count). The molecule has 2 unspecified atom stereocenters. The number of thiophene rings is 1. The molecule has 1 aromatic rings. The van der Waals surface area contributed by atoms with Crippen LogP contribution in [-0.2, 0) is 6.54 Å². The van der Waals surface area contributed by atoms with E-state index in [1.807, 2.05) is 11.3 Å². The first-order valence-electron chi connectivity index (χ1n) is 6.93. The predicted octanol–water partition coefficient (Wildman–Crippen LogP) is 3.35. The summed E-state index contributed by atoms with van der Waals surface area (Å²) in [5, 5.41) is 5.81. The fourth-order valence-corrected chi connectivity index (χ4v) is 3.34. The quantitative estimate of drug-likeness (QED) is 0.879. The normalized spacial score (nSPS) is 24.3. The van der Waals surface area contributed by atoms with Crippen molar-refractivity contribution in [1.82, 2.24) is 10.2 Å². The molecule has 1 saturated carbocycles. The molecule has 1 aliphatic carbocycles. The van der Waals surface area contributed by atoms with Gasteiger partial charge in [0.25, 0.3) is 0 Å². The number of rotatable bonds is 5. The van der Waals surface area contributed by atoms with Crippen molar-refractivity contribution in [3.8, 4) is 0 Å². The maximum Gasteiger partial charge on any atom is 0.0327 e. The van der Waals surface area contributed by atoms with Crippen LogP contribution in [0.4, 0.5) is 0 Å². The molecule has 1 N–H and O–H groups in total. The molecule has 2 nitrogen and oxygen atoms in total. The van der Waals surface area contributed by atoms with Crippen LogP contribution in [0, 0.1) is 5.92 Å². The van der Waals surface area contributed by atoms with E-state index >= 15 is 0 Å². The summed E-state index contributed by atoms with van der Waals surface area (Å²) < 4.78 is 0. The van der Waals surface area contributed by atoms with E-state index < -0.39 is 0 Å². The first-order valence-corrected chi connectivity index (χ1v) is 7.81. The van der Waals surface area contributed by atoms with Crippen LogP contribution in [0.3, 0.4) is 0 Å². The van der Waals surface area contributed by atoms with E-state index in [-0.39, 0.29) is 5.54 Å². The van der Waals surface area contributed by atoms with Crippen molar-refractivity contribution in [2.75, 3.05) is 13.6 Å². The Morgan fingerprint density at radius 2 is 2.17 bits per heavy atom. The number of nitrogens with zero attached hydrogens (tertiary/aromatic N) is 1. The largest absolute Gasteiger partial charge is 0.312 e. The van der Waals surface area contributed by atoms with Crippen molar-refractivity contribution in [3.05, 3.63) is 22.4 Å². The van der Waals surface area contributed by atoms with Gasteiger partial charge in [-0.15, -0.1) is 11.3 Å². The third kappa shape index (κ3) is 3.81. The summed E-state index contributed by atoms with van der Waals surface area (Å²) in [6.45, 7) is 9.00. The Morgan fingerprint density at radius 1 is 1.39 bits per heavy atom. The van der Waals surface area contributed by atoms with E-state index in [1.54, 1.807) is 0 Å². The number of nitrogens with one attached hydrogen (secondary N) is 1. The molecule has 102 valence electrons. The van der Waals surface area contributed by atoms with Gasteiger partial charge in [-0.05, 0) is 64.6 Å². The Kier molecular flexibility index (Phi) is 4.46. The monoisotopic (exact) mass is 266 g/mol. The van der Waals surface area contributed by atoms with E-state index in [1.165, 1.54) is 17.7 Å². The van der Waals surface area contributed by atoms with Gasteiger partial charge in [0.1, 0.15) is 0 Å². The highest BCUT2D eigenvalue weighted by Gasteiger charge is 2.34. The van der Waals surface area contributed by atoms with Gasteiger partial charge in [-0.3, -0.25) is 4.90 Å². The standard InChI is InChI=1S/C15H26N2S/c1-15(2,3)16-10-12-7-8-14(12)17(4)11-13-6-5-9-18-13/h5-6,9,12,14,16H,7-8,10-11H2,1-4H3. The first kappa shape index (κ1) is 14.0. The zero-order chi connectivity index (χ0) is 13.2. The molecule has 2 atom stereocenters. The molecule has 0 spiro atoms. The zero-order valence-electron chi connectivity index (χ0n) is 12.1. The molecule has 0 aromatic carbocycles. The van der Waals surface area contributed by atoms with Crippen molar-refractivity contribution in [3.63, 3.8) is 0 Å². The number of hydrogen-bond acceptors (Lipinski definition) is 3. The lowest BCUT2D eigenvalue weighted by Gasteiger charge is -2.44. The summed E-state index contributed by atoms with van der Waals surface area (Å²) in [7, 11) is 2.27. The van der Waals surface area contributed by atoms with Crippen LogP contribution in [0.5, 0.6) is 0 Å². The van der Waals surface area contributed by atoms with Crippen LogP contribution in [0.15, 0.2) is 17.5 Å². The Labute approximate surface area is 115 Å². The van der Waals surface area contributed by atoms with Crippen molar-refractivity contribution >= 4 is 11.3 Å². The van der Waals surface area contributed by atoms with Gasteiger partial charge in [0.2, 0.25) is 0 Å². The third-order valence-electron chi connectivity index (χ3n) is 3.82. The summed E-state index contributed by atoms with van der Waals surface area (Å²) >= 11 is 1.86. The molecule has 1 heterocycles. The Morgan fingerprint density at radius 3 is 2.67 bits per heavy atom. The Hall–Kier alpha value is -0.380. The Balaban J connectivity index is 1.79. The highest BCUT2D eigenvalue weighted by Crippen LogP contribution is 2.32. The molecule has 0 radical (unpaired) electrons. The minimum atomic E-state index is 0.243. The van der Waals surface area contributed by atoms with Crippen LogP contribution in [0.1, 0.15) is 38.5 Å². The van der Waals surface area contributed by atoms with Gasteiger partial charge < -0.3 is 5.32 Å². The van der Waals surface area contributed by atoms with Gasteiger partial charge in [-0.2, -0.15) is 0 Å². The maximum absolute atomic E-state index is 3.64. The average molecular weight is 266 g/mol. The lowest BCUT2D eigenvalue weighted by Crippen LogP contribution is -2.51. The smallest absolute Gasteiger partial charge is 0.0327 e. The molecule has 0 amide bonds. The summed E-state index contributed by atoms with van der Waals surface area (Å²) in [4.78, 5) is 4.01. The Bertz CT molecular complexity index is 353. The molecule has 1 aromatic heterocycles. The molecule has 1 fully saturated rings. The van der Waals surface area contributed by atoms with Crippen LogP contribution in [-0.4, -0.2) is 30.1 Å². The second kappa shape index (κ2) is 5.72. The van der Waals surface area contributed by atoms with E-state index in [2.05, 4.69) is 55.5 Å². The van der Waals surface area contributed by atoms with Crippen molar-refractivity contribution in [2.24, 2.45) is 5.92 Å². The van der Waals surface area contributed by atoms with Gasteiger partial charge in [-0.1, -0.05) is 6.07 Å². The van der Waals surface area contributed by atoms with Gasteiger partial charge in [-0.25, -0.2) is 0 Å². The molecule has 0 bridgehead atoms. The summed E-state index contributed by atoms with van der Waals surface area (Å²) in [5.74, 6) is 0.828. The molecule has 18 heavy (non-hydrogen) atoms. The predicted molar refractivity (Wildman–Crippen MR) is 80.1 cm³/mol. The number of hydrogen-bond donors (Lipinski definition) is 1. The molecule has 0 aliphatic heterocycles. The SMILES string of the molecule is CN(Cc1cccs1)C1CCC1CNC(C)(C)C. The average Bonchev–Trinajstić information content (AvgIpc) is 2.66. The minimum absolute atomic E-state index is 0.243. The molecule has 1 aliphatic rings. The highest BCUT2D eigenvalue weighted by atomic mass is 32.1.